The van der Waals surface area contributed by atoms with E-state index in [1.165, 1.54) is 12.8 Å². The average molecular weight is 290 g/mol. The molecule has 1 fully saturated rings. The van der Waals surface area contributed by atoms with Gasteiger partial charge in [-0.1, -0.05) is 27.7 Å². The maximum Gasteiger partial charge on any atom is 0.133 e. The van der Waals surface area contributed by atoms with Gasteiger partial charge in [-0.05, 0) is 37.0 Å². The van der Waals surface area contributed by atoms with Crippen LogP contribution < -0.4 is 10.6 Å². The van der Waals surface area contributed by atoms with Crippen LogP contribution in [0.1, 0.15) is 59.2 Å². The van der Waals surface area contributed by atoms with Crippen LogP contribution in [0.2, 0.25) is 0 Å². The van der Waals surface area contributed by atoms with Crippen molar-refractivity contribution in [1.29, 1.82) is 0 Å². The second-order valence-electron chi connectivity index (χ2n) is 6.60. The van der Waals surface area contributed by atoms with Crippen molar-refractivity contribution in [2.75, 3.05) is 23.7 Å². The Morgan fingerprint density at radius 1 is 1.10 bits per heavy atom. The lowest BCUT2D eigenvalue weighted by Gasteiger charge is -2.20. The highest BCUT2D eigenvalue weighted by Crippen LogP contribution is 2.51. The van der Waals surface area contributed by atoms with Crippen molar-refractivity contribution in [3.05, 3.63) is 11.9 Å². The van der Waals surface area contributed by atoms with E-state index < -0.39 is 0 Å². The third kappa shape index (κ3) is 4.32. The zero-order valence-corrected chi connectivity index (χ0v) is 14.0. The van der Waals surface area contributed by atoms with Crippen molar-refractivity contribution in [3.63, 3.8) is 0 Å². The zero-order valence-electron chi connectivity index (χ0n) is 14.0. The van der Waals surface area contributed by atoms with E-state index in [1.54, 1.807) is 0 Å². The Balaban J connectivity index is 2.04. The smallest absolute Gasteiger partial charge is 0.133 e. The monoisotopic (exact) mass is 290 g/mol. The molecule has 4 nitrogen and oxygen atoms in total. The molecule has 1 heterocycles. The summed E-state index contributed by atoms with van der Waals surface area (Å²) in [5, 5.41) is 6.93. The Labute approximate surface area is 129 Å². The quantitative estimate of drug-likeness (QED) is 0.719. The van der Waals surface area contributed by atoms with Crippen LogP contribution in [0.5, 0.6) is 0 Å². The van der Waals surface area contributed by atoms with Gasteiger partial charge in [0.15, 0.2) is 0 Å². The average Bonchev–Trinajstić information content (AvgIpc) is 3.24. The summed E-state index contributed by atoms with van der Waals surface area (Å²) < 4.78 is 0. The van der Waals surface area contributed by atoms with Gasteiger partial charge < -0.3 is 10.6 Å². The Morgan fingerprint density at radius 3 is 2.29 bits per heavy atom. The number of aryl methyl sites for hydroxylation is 1. The molecular weight excluding hydrogens is 260 g/mol. The van der Waals surface area contributed by atoms with Gasteiger partial charge in [-0.15, -0.1) is 0 Å². The predicted octanol–water partition coefficient (Wildman–Crippen LogP) is 4.10. The number of nitrogens with one attached hydrogen (secondary N) is 2. The highest BCUT2D eigenvalue weighted by atomic mass is 15.1. The number of aromatic nitrogens is 2. The van der Waals surface area contributed by atoms with Gasteiger partial charge >= 0.3 is 0 Å². The van der Waals surface area contributed by atoms with Gasteiger partial charge in [0.05, 0.1) is 0 Å². The van der Waals surface area contributed by atoms with Crippen LogP contribution in [-0.2, 0) is 6.42 Å². The SMILES string of the molecule is CCCNc1cc(NCC2(C(C)C)CC2)nc(CCC)n1. The van der Waals surface area contributed by atoms with E-state index in [-0.39, 0.29) is 0 Å². The van der Waals surface area contributed by atoms with E-state index in [4.69, 9.17) is 0 Å². The lowest BCUT2D eigenvalue weighted by atomic mass is 9.92. The Morgan fingerprint density at radius 2 is 1.76 bits per heavy atom. The standard InChI is InChI=1S/C17H30N4/c1-5-7-14-20-15(18-10-6-2)11-16(21-14)19-12-17(8-9-17)13(3)4/h11,13H,5-10,12H2,1-4H3,(H2,18,19,20,21). The summed E-state index contributed by atoms with van der Waals surface area (Å²) in [6.45, 7) is 11.0. The summed E-state index contributed by atoms with van der Waals surface area (Å²) in [6.07, 6.45) is 5.79. The maximum atomic E-state index is 4.66. The molecule has 1 saturated carbocycles. The fourth-order valence-electron chi connectivity index (χ4n) is 2.65. The first-order valence-corrected chi connectivity index (χ1v) is 8.45. The van der Waals surface area contributed by atoms with Crippen molar-refractivity contribution in [1.82, 2.24) is 9.97 Å². The van der Waals surface area contributed by atoms with E-state index in [2.05, 4.69) is 48.3 Å². The molecule has 4 heteroatoms. The molecule has 118 valence electrons. The number of anilines is 2. The molecule has 0 aromatic carbocycles. The molecule has 1 aromatic rings. The van der Waals surface area contributed by atoms with Crippen LogP contribution in [0.15, 0.2) is 6.07 Å². The molecule has 2 rings (SSSR count). The predicted molar refractivity (Wildman–Crippen MR) is 89.8 cm³/mol. The van der Waals surface area contributed by atoms with E-state index in [9.17, 15) is 0 Å². The van der Waals surface area contributed by atoms with Crippen LogP contribution in [0.4, 0.5) is 11.6 Å². The lowest BCUT2D eigenvalue weighted by molar-refractivity contribution is 0.380. The van der Waals surface area contributed by atoms with Crippen LogP contribution in [0.3, 0.4) is 0 Å². The van der Waals surface area contributed by atoms with Crippen molar-refractivity contribution in [2.24, 2.45) is 11.3 Å². The summed E-state index contributed by atoms with van der Waals surface area (Å²) in [6, 6.07) is 2.05. The third-order valence-electron chi connectivity index (χ3n) is 4.54. The molecule has 1 aromatic heterocycles. The second kappa shape index (κ2) is 7.10. The van der Waals surface area contributed by atoms with E-state index in [1.807, 2.05) is 6.07 Å². The second-order valence-corrected chi connectivity index (χ2v) is 6.60. The molecular formula is C17H30N4. The number of nitrogens with zero attached hydrogens (tertiary/aromatic N) is 2. The van der Waals surface area contributed by atoms with Crippen molar-refractivity contribution in [3.8, 4) is 0 Å². The zero-order chi connectivity index (χ0) is 15.3. The van der Waals surface area contributed by atoms with Gasteiger partial charge in [0.2, 0.25) is 0 Å². The van der Waals surface area contributed by atoms with E-state index in [0.29, 0.717) is 5.41 Å². The fourth-order valence-corrected chi connectivity index (χ4v) is 2.65. The Kier molecular flexibility index (Phi) is 5.43. The van der Waals surface area contributed by atoms with Gasteiger partial charge in [-0.3, -0.25) is 0 Å². The van der Waals surface area contributed by atoms with Crippen molar-refractivity contribution >= 4 is 11.6 Å². The molecule has 0 saturated heterocycles. The molecule has 0 radical (unpaired) electrons. The molecule has 21 heavy (non-hydrogen) atoms. The summed E-state index contributed by atoms with van der Waals surface area (Å²) in [5.41, 5.74) is 0.493. The first kappa shape index (κ1) is 16.1. The van der Waals surface area contributed by atoms with Crippen molar-refractivity contribution in [2.45, 2.75) is 59.8 Å². The van der Waals surface area contributed by atoms with Gasteiger partial charge in [-0.2, -0.15) is 0 Å². The number of rotatable bonds is 9. The molecule has 1 aliphatic rings. The minimum Gasteiger partial charge on any atom is -0.370 e. The van der Waals surface area contributed by atoms with Gasteiger partial charge in [0.1, 0.15) is 17.5 Å². The topological polar surface area (TPSA) is 49.8 Å². The van der Waals surface area contributed by atoms with E-state index >= 15 is 0 Å². The third-order valence-corrected chi connectivity index (χ3v) is 4.54. The number of hydrogen-bond donors (Lipinski definition) is 2. The number of hydrogen-bond acceptors (Lipinski definition) is 4. The first-order chi connectivity index (χ1) is 10.1. The maximum absolute atomic E-state index is 4.66. The van der Waals surface area contributed by atoms with Gasteiger partial charge in [0.25, 0.3) is 0 Å². The minimum absolute atomic E-state index is 0.493. The molecule has 1 aliphatic carbocycles. The van der Waals surface area contributed by atoms with Gasteiger partial charge in [0, 0.05) is 25.6 Å². The summed E-state index contributed by atoms with van der Waals surface area (Å²) >= 11 is 0. The summed E-state index contributed by atoms with van der Waals surface area (Å²) in [5.74, 6) is 3.60. The fraction of sp³-hybridized carbons (Fsp3) is 0.765. The molecule has 0 spiro atoms. The molecule has 2 N–H and O–H groups in total. The molecule has 0 atom stereocenters. The molecule has 0 aliphatic heterocycles. The molecule has 0 bridgehead atoms. The van der Waals surface area contributed by atoms with Crippen molar-refractivity contribution < 1.29 is 0 Å². The summed E-state index contributed by atoms with van der Waals surface area (Å²) in [4.78, 5) is 9.25. The van der Waals surface area contributed by atoms with Crippen LogP contribution in [0, 0.1) is 11.3 Å². The summed E-state index contributed by atoms with van der Waals surface area (Å²) in [7, 11) is 0. The van der Waals surface area contributed by atoms with Crippen LogP contribution in [-0.4, -0.2) is 23.1 Å². The normalized spacial score (nSPS) is 16.0. The highest BCUT2D eigenvalue weighted by molar-refractivity contribution is 5.48. The Hall–Kier alpha value is -1.32. The van der Waals surface area contributed by atoms with Crippen LogP contribution in [0.25, 0.3) is 0 Å². The van der Waals surface area contributed by atoms with E-state index in [0.717, 1.165) is 55.7 Å². The molecule has 0 unspecified atom stereocenters. The molecule has 0 amide bonds. The largest absolute Gasteiger partial charge is 0.370 e. The highest BCUT2D eigenvalue weighted by Gasteiger charge is 2.44. The first-order valence-electron chi connectivity index (χ1n) is 8.45. The minimum atomic E-state index is 0.493. The van der Waals surface area contributed by atoms with Crippen LogP contribution >= 0.6 is 0 Å². The van der Waals surface area contributed by atoms with Gasteiger partial charge in [-0.25, -0.2) is 9.97 Å². The lowest BCUT2D eigenvalue weighted by Crippen LogP contribution is -2.21. The Bertz CT molecular complexity index is 452.